The number of aromatic nitrogens is 3. The highest BCUT2D eigenvalue weighted by atomic mass is 16.3. The van der Waals surface area contributed by atoms with Gasteiger partial charge in [-0.2, -0.15) is 4.98 Å². The molecule has 3 saturated heterocycles. The number of aryl methyl sites for hydroxylation is 1. The minimum atomic E-state index is -0.812. The zero-order chi connectivity index (χ0) is 28.0. The van der Waals surface area contributed by atoms with Crippen LogP contribution in [0.2, 0.25) is 0 Å². The van der Waals surface area contributed by atoms with Crippen molar-refractivity contribution in [3.05, 3.63) is 83.6 Å². The first kappa shape index (κ1) is 26.0. The number of piperidine rings is 2. The van der Waals surface area contributed by atoms with Gasteiger partial charge < -0.3 is 25.5 Å². The standard InChI is InChI=1S/C32H37N7O2/c1-23-4-8-25(9-5-23)32(41)14-19-37(20-15-32)27-3-2-18-39-28(27)35-30(36-39)34-26-10-6-24(7-11-26)29(40)38-21-31(22-38)12-16-33-17-13-31/h2-11,18,33,41H,12-17,19-22H2,1H3,(H,34,36). The average molecular weight is 552 g/mol. The van der Waals surface area contributed by atoms with Crippen LogP contribution in [0.3, 0.4) is 0 Å². The summed E-state index contributed by atoms with van der Waals surface area (Å²) in [5.74, 6) is 0.604. The van der Waals surface area contributed by atoms with Crippen LogP contribution in [-0.4, -0.2) is 69.8 Å². The molecular weight excluding hydrogens is 514 g/mol. The highest BCUT2D eigenvalue weighted by Gasteiger charge is 2.45. The summed E-state index contributed by atoms with van der Waals surface area (Å²) in [6.07, 6.45) is 5.50. The van der Waals surface area contributed by atoms with Crippen molar-refractivity contribution >= 4 is 28.9 Å². The first-order chi connectivity index (χ1) is 19.9. The van der Waals surface area contributed by atoms with Gasteiger partial charge in [-0.25, -0.2) is 4.52 Å². The van der Waals surface area contributed by atoms with Gasteiger partial charge in [0.05, 0.1) is 11.3 Å². The van der Waals surface area contributed by atoms with Crippen molar-refractivity contribution in [1.29, 1.82) is 0 Å². The number of pyridine rings is 1. The molecule has 2 aromatic carbocycles. The Bertz CT molecular complexity index is 1540. The number of fused-ring (bicyclic) bond motifs is 1. The lowest BCUT2D eigenvalue weighted by Gasteiger charge is -2.52. The van der Waals surface area contributed by atoms with Gasteiger partial charge in [-0.15, -0.1) is 5.10 Å². The first-order valence-corrected chi connectivity index (χ1v) is 14.7. The number of likely N-dealkylation sites (tertiary alicyclic amines) is 1. The van der Waals surface area contributed by atoms with Crippen molar-refractivity contribution < 1.29 is 9.90 Å². The summed E-state index contributed by atoms with van der Waals surface area (Å²) < 4.78 is 1.79. The summed E-state index contributed by atoms with van der Waals surface area (Å²) >= 11 is 0. The van der Waals surface area contributed by atoms with Crippen LogP contribution < -0.4 is 15.5 Å². The van der Waals surface area contributed by atoms with Crippen LogP contribution in [0.1, 0.15) is 47.2 Å². The molecule has 212 valence electrons. The molecule has 41 heavy (non-hydrogen) atoms. The van der Waals surface area contributed by atoms with Crippen molar-refractivity contribution in [2.45, 2.75) is 38.2 Å². The second kappa shape index (κ2) is 10.2. The highest BCUT2D eigenvalue weighted by molar-refractivity contribution is 5.95. The molecule has 3 N–H and O–H groups in total. The summed E-state index contributed by atoms with van der Waals surface area (Å²) in [4.78, 5) is 22.1. The predicted octanol–water partition coefficient (Wildman–Crippen LogP) is 4.09. The van der Waals surface area contributed by atoms with Crippen LogP contribution in [-0.2, 0) is 5.60 Å². The first-order valence-electron chi connectivity index (χ1n) is 14.7. The molecule has 7 rings (SSSR count). The Morgan fingerprint density at radius 1 is 0.951 bits per heavy atom. The number of nitrogens with one attached hydrogen (secondary N) is 2. The van der Waals surface area contributed by atoms with Crippen LogP contribution in [0.5, 0.6) is 0 Å². The monoisotopic (exact) mass is 551 g/mol. The Kier molecular flexibility index (Phi) is 6.43. The maximum Gasteiger partial charge on any atom is 0.253 e. The van der Waals surface area contributed by atoms with Crippen molar-refractivity contribution in [3.63, 3.8) is 0 Å². The quantitative estimate of drug-likeness (QED) is 0.344. The van der Waals surface area contributed by atoms with E-state index < -0.39 is 5.60 Å². The van der Waals surface area contributed by atoms with Gasteiger partial charge >= 0.3 is 0 Å². The van der Waals surface area contributed by atoms with E-state index in [1.165, 1.54) is 5.56 Å². The lowest BCUT2D eigenvalue weighted by atomic mass is 9.72. The maximum atomic E-state index is 13.0. The lowest BCUT2D eigenvalue weighted by molar-refractivity contribution is -0.0113. The molecule has 1 amide bonds. The van der Waals surface area contributed by atoms with E-state index in [1.807, 2.05) is 53.6 Å². The molecule has 0 unspecified atom stereocenters. The molecule has 3 aliphatic heterocycles. The third kappa shape index (κ3) is 4.93. The van der Waals surface area contributed by atoms with Crippen molar-refractivity contribution in [2.24, 2.45) is 5.41 Å². The summed E-state index contributed by atoms with van der Waals surface area (Å²) in [5, 5.41) is 22.7. The number of benzene rings is 2. The summed E-state index contributed by atoms with van der Waals surface area (Å²) in [6.45, 7) is 7.35. The van der Waals surface area contributed by atoms with Crippen LogP contribution in [0.15, 0.2) is 66.9 Å². The number of aliphatic hydroxyl groups is 1. The van der Waals surface area contributed by atoms with Crippen molar-refractivity contribution in [2.75, 3.05) is 49.5 Å². The SMILES string of the molecule is Cc1ccc(C2(O)CCN(c3cccn4nc(Nc5ccc(C(=O)N6CC7(CCNCC7)C6)cc5)nc34)CC2)cc1. The van der Waals surface area contributed by atoms with Gasteiger partial charge in [-0.3, -0.25) is 4.79 Å². The van der Waals surface area contributed by atoms with E-state index >= 15 is 0 Å². The third-order valence-electron chi connectivity index (χ3n) is 9.25. The zero-order valence-corrected chi connectivity index (χ0v) is 23.5. The molecular formula is C32H37N7O2. The molecule has 3 aliphatic rings. The third-order valence-corrected chi connectivity index (χ3v) is 9.25. The summed E-state index contributed by atoms with van der Waals surface area (Å²) in [5.41, 5.74) is 5.00. The van der Waals surface area contributed by atoms with E-state index in [4.69, 9.17) is 4.98 Å². The second-order valence-electron chi connectivity index (χ2n) is 12.1. The van der Waals surface area contributed by atoms with Gasteiger partial charge in [-0.1, -0.05) is 29.8 Å². The second-order valence-corrected chi connectivity index (χ2v) is 12.1. The molecule has 4 aromatic rings. The Morgan fingerprint density at radius 2 is 1.66 bits per heavy atom. The van der Waals surface area contributed by atoms with E-state index in [9.17, 15) is 9.90 Å². The summed E-state index contributed by atoms with van der Waals surface area (Å²) in [7, 11) is 0. The fraction of sp³-hybridized carbons (Fsp3) is 0.406. The van der Waals surface area contributed by atoms with Crippen LogP contribution in [0, 0.1) is 12.3 Å². The number of hydrogen-bond donors (Lipinski definition) is 3. The molecule has 0 bridgehead atoms. The fourth-order valence-corrected chi connectivity index (χ4v) is 6.65. The highest BCUT2D eigenvalue weighted by Crippen LogP contribution is 2.39. The Balaban J connectivity index is 1.01. The molecule has 5 heterocycles. The van der Waals surface area contributed by atoms with Gasteiger partial charge in [0.15, 0.2) is 5.65 Å². The molecule has 2 aromatic heterocycles. The minimum Gasteiger partial charge on any atom is -0.385 e. The molecule has 0 aliphatic carbocycles. The fourth-order valence-electron chi connectivity index (χ4n) is 6.65. The molecule has 1 spiro atoms. The molecule has 9 nitrogen and oxygen atoms in total. The smallest absolute Gasteiger partial charge is 0.253 e. The zero-order valence-electron chi connectivity index (χ0n) is 23.5. The van der Waals surface area contributed by atoms with Gasteiger partial charge in [0.2, 0.25) is 5.95 Å². The van der Waals surface area contributed by atoms with Crippen LogP contribution in [0.4, 0.5) is 17.3 Å². The lowest BCUT2D eigenvalue weighted by Crippen LogP contribution is -2.61. The number of rotatable bonds is 5. The van der Waals surface area contributed by atoms with Gasteiger partial charge in [0.25, 0.3) is 5.91 Å². The Morgan fingerprint density at radius 3 is 2.37 bits per heavy atom. The molecule has 0 radical (unpaired) electrons. The Hall–Kier alpha value is -3.95. The summed E-state index contributed by atoms with van der Waals surface area (Å²) in [6, 6.07) is 19.8. The predicted molar refractivity (Wildman–Crippen MR) is 160 cm³/mol. The maximum absolute atomic E-state index is 13.0. The van der Waals surface area contributed by atoms with Crippen LogP contribution >= 0.6 is 0 Å². The number of anilines is 3. The van der Waals surface area contributed by atoms with Gasteiger partial charge in [-0.05, 0) is 87.7 Å². The number of hydrogen-bond acceptors (Lipinski definition) is 7. The Labute approximate surface area is 240 Å². The van der Waals surface area contributed by atoms with Crippen molar-refractivity contribution in [1.82, 2.24) is 24.8 Å². The van der Waals surface area contributed by atoms with E-state index in [1.54, 1.807) is 4.52 Å². The van der Waals surface area contributed by atoms with Gasteiger partial charge in [0.1, 0.15) is 0 Å². The number of carbonyl (C=O) groups is 1. The van der Waals surface area contributed by atoms with E-state index in [0.717, 1.165) is 74.7 Å². The average Bonchev–Trinajstić information content (AvgIpc) is 3.40. The number of carbonyl (C=O) groups excluding carboxylic acids is 1. The topological polar surface area (TPSA) is 98.0 Å². The normalized spacial score (nSPS) is 19.8. The number of nitrogens with zero attached hydrogens (tertiary/aromatic N) is 5. The van der Waals surface area contributed by atoms with Crippen molar-refractivity contribution in [3.8, 4) is 0 Å². The van der Waals surface area contributed by atoms with E-state index in [-0.39, 0.29) is 5.91 Å². The van der Waals surface area contributed by atoms with E-state index in [2.05, 4.69) is 45.8 Å². The van der Waals surface area contributed by atoms with Crippen LogP contribution in [0.25, 0.3) is 5.65 Å². The van der Waals surface area contributed by atoms with Gasteiger partial charge in [0, 0.05) is 49.0 Å². The molecule has 9 heteroatoms. The largest absolute Gasteiger partial charge is 0.385 e. The molecule has 0 saturated carbocycles. The molecule has 3 fully saturated rings. The van der Waals surface area contributed by atoms with E-state index in [0.29, 0.717) is 29.8 Å². The molecule has 0 atom stereocenters. The minimum absolute atomic E-state index is 0.104. The number of amides is 1.